The Morgan fingerprint density at radius 3 is 1.19 bits per heavy atom. The minimum atomic E-state index is 0.0197. The molecule has 0 aromatic heterocycles. The van der Waals surface area contributed by atoms with Crippen molar-refractivity contribution in [2.45, 2.75) is 194 Å². The number of carbonyl (C=O) groups excluding carboxylic acids is 1. The molecule has 36 heavy (non-hydrogen) atoms. The van der Waals surface area contributed by atoms with Crippen molar-refractivity contribution in [3.63, 3.8) is 0 Å². The Kier molecular flexibility index (Phi) is 31.5. The third-order valence-electron chi connectivity index (χ3n) is 7.40. The summed E-state index contributed by atoms with van der Waals surface area (Å²) in [6.07, 6.45) is 41.3. The maximum atomic E-state index is 11.8. The average Bonchev–Trinajstić information content (AvgIpc) is 2.88. The minimum Gasteiger partial charge on any atom is -0.466 e. The fourth-order valence-corrected chi connectivity index (χ4v) is 4.89. The first-order valence-electron chi connectivity index (χ1n) is 16.6. The monoisotopic (exact) mass is 507 g/mol. The van der Waals surface area contributed by atoms with Gasteiger partial charge in [-0.25, -0.2) is 0 Å². The van der Waals surface area contributed by atoms with Crippen LogP contribution in [0.1, 0.15) is 194 Å². The zero-order valence-corrected chi connectivity index (χ0v) is 25.0. The summed E-state index contributed by atoms with van der Waals surface area (Å²) in [4.78, 5) is 11.8. The zero-order chi connectivity index (χ0) is 26.2. The van der Waals surface area contributed by atoms with Crippen molar-refractivity contribution < 1.29 is 9.53 Å². The Hall–Kier alpha value is -0.790. The molecule has 2 heteroatoms. The molecule has 0 saturated carbocycles. The highest BCUT2D eigenvalue weighted by atomic mass is 16.5. The number of unbranched alkanes of at least 4 members (excludes halogenated alkanes) is 24. The molecule has 0 saturated heterocycles. The van der Waals surface area contributed by atoms with E-state index in [0.717, 1.165) is 12.8 Å². The summed E-state index contributed by atoms with van der Waals surface area (Å²) in [5.74, 6) is 0.0197. The van der Waals surface area contributed by atoms with Crippen LogP contribution in [0.15, 0.2) is 12.2 Å². The van der Waals surface area contributed by atoms with Crippen molar-refractivity contribution in [2.75, 3.05) is 6.61 Å². The highest BCUT2D eigenvalue weighted by molar-refractivity contribution is 5.69. The van der Waals surface area contributed by atoms with E-state index < -0.39 is 0 Å². The number of hydrogen-bond donors (Lipinski definition) is 0. The van der Waals surface area contributed by atoms with Crippen LogP contribution in [-0.2, 0) is 9.53 Å². The van der Waals surface area contributed by atoms with Gasteiger partial charge in [0.05, 0.1) is 6.61 Å². The largest absolute Gasteiger partial charge is 0.466 e. The predicted octanol–water partition coefficient (Wildman–Crippen LogP) is 12.0. The molecule has 0 aromatic rings. The van der Waals surface area contributed by atoms with Crippen LogP contribution in [0.2, 0.25) is 0 Å². The lowest BCUT2D eigenvalue weighted by Crippen LogP contribution is -2.05. The second-order valence-corrected chi connectivity index (χ2v) is 11.2. The second-order valence-electron chi connectivity index (χ2n) is 11.2. The third-order valence-corrected chi connectivity index (χ3v) is 7.40. The lowest BCUT2D eigenvalue weighted by atomic mass is 10.0. The lowest BCUT2D eigenvalue weighted by Gasteiger charge is -2.05. The van der Waals surface area contributed by atoms with E-state index in [2.05, 4.69) is 26.0 Å². The van der Waals surface area contributed by atoms with Crippen LogP contribution in [0.5, 0.6) is 0 Å². The standard InChI is InChI=1S/C34H66O2/c1-3-5-7-9-11-13-14-15-16-17-18-19-20-21-22-23-24-25-26-28-30-32-34(35)36-33-31-29-27-12-10-8-6-4-2/h15-16H,3-14,17-33H2,1-2H3/b16-15-. The van der Waals surface area contributed by atoms with Crippen LogP contribution in [0, 0.1) is 0 Å². The molecule has 0 unspecified atom stereocenters. The number of carbonyl (C=O) groups is 1. The quantitative estimate of drug-likeness (QED) is 0.0550. The predicted molar refractivity (Wildman–Crippen MR) is 161 cm³/mol. The lowest BCUT2D eigenvalue weighted by molar-refractivity contribution is -0.143. The fourth-order valence-electron chi connectivity index (χ4n) is 4.89. The van der Waals surface area contributed by atoms with Gasteiger partial charge in [-0.05, 0) is 38.5 Å². The van der Waals surface area contributed by atoms with Gasteiger partial charge in [-0.1, -0.05) is 161 Å². The van der Waals surface area contributed by atoms with Crippen molar-refractivity contribution >= 4 is 5.97 Å². The van der Waals surface area contributed by atoms with E-state index in [4.69, 9.17) is 4.74 Å². The van der Waals surface area contributed by atoms with Gasteiger partial charge in [-0.3, -0.25) is 4.79 Å². The van der Waals surface area contributed by atoms with Crippen molar-refractivity contribution in [3.8, 4) is 0 Å². The molecule has 0 heterocycles. The van der Waals surface area contributed by atoms with E-state index in [1.54, 1.807) is 0 Å². The molecular formula is C34H66O2. The molecule has 0 spiro atoms. The van der Waals surface area contributed by atoms with Crippen LogP contribution >= 0.6 is 0 Å². The molecular weight excluding hydrogens is 440 g/mol. The zero-order valence-electron chi connectivity index (χ0n) is 25.0. The second kappa shape index (κ2) is 32.2. The summed E-state index contributed by atoms with van der Waals surface area (Å²) in [5.41, 5.74) is 0. The van der Waals surface area contributed by atoms with E-state index in [1.807, 2.05) is 0 Å². The normalized spacial score (nSPS) is 11.5. The number of esters is 1. The summed E-state index contributed by atoms with van der Waals surface area (Å²) in [5, 5.41) is 0. The molecule has 0 bridgehead atoms. The van der Waals surface area contributed by atoms with Crippen LogP contribution in [-0.4, -0.2) is 12.6 Å². The molecule has 0 N–H and O–H groups in total. The van der Waals surface area contributed by atoms with Gasteiger partial charge >= 0.3 is 5.97 Å². The number of rotatable bonds is 30. The smallest absolute Gasteiger partial charge is 0.305 e. The van der Waals surface area contributed by atoms with Gasteiger partial charge < -0.3 is 4.74 Å². The Bertz CT molecular complexity index is 442. The Labute approximate surface area is 227 Å². The first kappa shape index (κ1) is 35.2. The van der Waals surface area contributed by atoms with Crippen LogP contribution in [0.3, 0.4) is 0 Å². The molecule has 0 rings (SSSR count). The molecule has 0 aliphatic heterocycles. The van der Waals surface area contributed by atoms with Crippen LogP contribution in [0.4, 0.5) is 0 Å². The molecule has 2 nitrogen and oxygen atoms in total. The van der Waals surface area contributed by atoms with Crippen molar-refractivity contribution in [1.82, 2.24) is 0 Å². The highest BCUT2D eigenvalue weighted by Gasteiger charge is 2.02. The topological polar surface area (TPSA) is 26.3 Å². The van der Waals surface area contributed by atoms with Gasteiger partial charge in [-0.15, -0.1) is 0 Å². The molecule has 0 radical (unpaired) electrons. The molecule has 0 atom stereocenters. The third kappa shape index (κ3) is 31.2. The summed E-state index contributed by atoms with van der Waals surface area (Å²) in [6.45, 7) is 5.17. The molecule has 0 aromatic carbocycles. The van der Waals surface area contributed by atoms with Gasteiger partial charge in [0.25, 0.3) is 0 Å². The van der Waals surface area contributed by atoms with Gasteiger partial charge in [0, 0.05) is 6.42 Å². The van der Waals surface area contributed by atoms with Crippen molar-refractivity contribution in [3.05, 3.63) is 12.2 Å². The van der Waals surface area contributed by atoms with Crippen LogP contribution in [0.25, 0.3) is 0 Å². The number of hydrogen-bond acceptors (Lipinski definition) is 2. The Morgan fingerprint density at radius 1 is 0.444 bits per heavy atom. The molecule has 0 aliphatic carbocycles. The van der Waals surface area contributed by atoms with Gasteiger partial charge in [0.15, 0.2) is 0 Å². The molecule has 0 amide bonds. The van der Waals surface area contributed by atoms with Crippen LogP contribution < -0.4 is 0 Å². The Balaban J connectivity index is 3.16. The van der Waals surface area contributed by atoms with E-state index in [1.165, 1.54) is 161 Å². The van der Waals surface area contributed by atoms with E-state index in [-0.39, 0.29) is 5.97 Å². The van der Waals surface area contributed by atoms with Gasteiger partial charge in [0.1, 0.15) is 0 Å². The highest BCUT2D eigenvalue weighted by Crippen LogP contribution is 2.14. The molecule has 214 valence electrons. The number of ether oxygens (including phenoxy) is 1. The van der Waals surface area contributed by atoms with E-state index >= 15 is 0 Å². The summed E-state index contributed by atoms with van der Waals surface area (Å²) < 4.78 is 5.39. The first-order valence-corrected chi connectivity index (χ1v) is 16.6. The maximum absolute atomic E-state index is 11.8. The van der Waals surface area contributed by atoms with Crippen molar-refractivity contribution in [1.29, 1.82) is 0 Å². The summed E-state index contributed by atoms with van der Waals surface area (Å²) in [7, 11) is 0. The molecule has 0 aliphatic rings. The average molecular weight is 507 g/mol. The summed E-state index contributed by atoms with van der Waals surface area (Å²) >= 11 is 0. The minimum absolute atomic E-state index is 0.0197. The molecule has 0 fully saturated rings. The van der Waals surface area contributed by atoms with Gasteiger partial charge in [0.2, 0.25) is 0 Å². The first-order chi connectivity index (χ1) is 17.8. The maximum Gasteiger partial charge on any atom is 0.305 e. The van der Waals surface area contributed by atoms with E-state index in [0.29, 0.717) is 13.0 Å². The van der Waals surface area contributed by atoms with Gasteiger partial charge in [-0.2, -0.15) is 0 Å². The fraction of sp³-hybridized carbons (Fsp3) is 0.912. The van der Waals surface area contributed by atoms with Crippen molar-refractivity contribution in [2.24, 2.45) is 0 Å². The number of allylic oxidation sites excluding steroid dienone is 2. The Morgan fingerprint density at radius 2 is 0.778 bits per heavy atom. The van der Waals surface area contributed by atoms with E-state index in [9.17, 15) is 4.79 Å². The summed E-state index contributed by atoms with van der Waals surface area (Å²) in [6, 6.07) is 0. The SMILES string of the molecule is CCCCCCCC/C=C\CCCCCCCCCCCCCC(=O)OCCCCCCCCCC.